The second-order valence-electron chi connectivity index (χ2n) is 14.0. The van der Waals surface area contributed by atoms with Crippen LogP contribution < -0.4 is 0 Å². The van der Waals surface area contributed by atoms with Gasteiger partial charge in [0.25, 0.3) is 0 Å². The Bertz CT molecular complexity index is 756. The highest BCUT2D eigenvalue weighted by atomic mass is 31.2. The molecule has 0 saturated carbocycles. The first kappa shape index (κ1) is 45.2. The summed E-state index contributed by atoms with van der Waals surface area (Å²) in [6, 6.07) is 0. The molecule has 0 radical (unpaired) electrons. The molecule has 0 aromatic carbocycles. The summed E-state index contributed by atoms with van der Waals surface area (Å²) in [4.78, 5) is 22.7. The second-order valence-corrected chi connectivity index (χ2v) is 15.4. The van der Waals surface area contributed by atoms with Gasteiger partial charge in [0.1, 0.15) is 19.3 Å². The Kier molecular flexibility index (Phi) is 31.0. The smallest absolute Gasteiger partial charge is 0.457 e. The molecule has 0 heterocycles. The number of nitrogens with zero attached hydrogens (tertiary/aromatic N) is 1. The lowest BCUT2D eigenvalue weighted by Gasteiger charge is -2.24. The van der Waals surface area contributed by atoms with Gasteiger partial charge in [-0.25, -0.2) is 4.57 Å². The van der Waals surface area contributed by atoms with Gasteiger partial charge in [-0.2, -0.15) is 0 Å². The molecule has 0 bridgehead atoms. The molecule has 274 valence electrons. The van der Waals surface area contributed by atoms with Crippen LogP contribution in [0, 0.1) is 0 Å². The number of carbonyl (C=O) groups is 1. The van der Waals surface area contributed by atoms with Crippen molar-refractivity contribution in [3.8, 4) is 0 Å². The molecule has 8 nitrogen and oxygen atoms in total. The number of likely N-dealkylation sites (N-methyl/N-ethyl adjacent to an activating group) is 1. The Labute approximate surface area is 284 Å². The number of ether oxygens (including phenoxy) is 2. The molecular weight excluding hydrogens is 601 g/mol. The van der Waals surface area contributed by atoms with Crippen LogP contribution in [0.25, 0.3) is 0 Å². The average Bonchev–Trinajstić information content (AvgIpc) is 2.99. The number of rotatable bonds is 35. The van der Waals surface area contributed by atoms with Crippen LogP contribution in [0.5, 0.6) is 0 Å². The number of quaternary nitrogens is 1. The van der Waals surface area contributed by atoms with Crippen molar-refractivity contribution in [1.29, 1.82) is 0 Å². The van der Waals surface area contributed by atoms with Crippen LogP contribution >= 0.6 is 7.82 Å². The van der Waals surface area contributed by atoms with Gasteiger partial charge in [-0.05, 0) is 32.1 Å². The lowest BCUT2D eigenvalue weighted by molar-refractivity contribution is -0.870. The third kappa shape index (κ3) is 34.6. The fourth-order valence-electron chi connectivity index (χ4n) is 5.08. The van der Waals surface area contributed by atoms with E-state index in [1.165, 1.54) is 109 Å². The molecule has 2 atom stereocenters. The Hall–Kier alpha value is -0.760. The van der Waals surface area contributed by atoms with Gasteiger partial charge in [0, 0.05) is 13.0 Å². The van der Waals surface area contributed by atoms with Crippen molar-refractivity contribution < 1.29 is 37.3 Å². The van der Waals surface area contributed by atoms with E-state index in [4.69, 9.17) is 18.5 Å². The Morgan fingerprint density at radius 1 is 0.652 bits per heavy atom. The van der Waals surface area contributed by atoms with Crippen LogP contribution in [0.2, 0.25) is 0 Å². The summed E-state index contributed by atoms with van der Waals surface area (Å²) in [6.45, 7) is 5.56. The van der Waals surface area contributed by atoms with Crippen molar-refractivity contribution in [3.63, 3.8) is 0 Å². The molecule has 0 saturated heterocycles. The van der Waals surface area contributed by atoms with Gasteiger partial charge in [-0.3, -0.25) is 13.8 Å². The van der Waals surface area contributed by atoms with E-state index in [1.54, 1.807) is 0 Å². The molecule has 0 aliphatic carbocycles. The molecule has 0 amide bonds. The van der Waals surface area contributed by atoms with Crippen LogP contribution in [-0.4, -0.2) is 75.6 Å². The van der Waals surface area contributed by atoms with E-state index >= 15 is 0 Å². The predicted molar refractivity (Wildman–Crippen MR) is 192 cm³/mol. The molecular formula is C37H75NO7P+. The summed E-state index contributed by atoms with van der Waals surface area (Å²) in [5.41, 5.74) is 0. The maximum Gasteiger partial charge on any atom is 0.472 e. The monoisotopic (exact) mass is 677 g/mol. The topological polar surface area (TPSA) is 91.3 Å². The predicted octanol–water partition coefficient (Wildman–Crippen LogP) is 10.3. The van der Waals surface area contributed by atoms with E-state index in [0.717, 1.165) is 32.1 Å². The van der Waals surface area contributed by atoms with Gasteiger partial charge in [0.05, 0.1) is 34.4 Å². The zero-order valence-corrected chi connectivity index (χ0v) is 31.7. The summed E-state index contributed by atoms with van der Waals surface area (Å²) in [7, 11) is 1.67. The summed E-state index contributed by atoms with van der Waals surface area (Å²) in [6.07, 6.45) is 30.9. The first-order valence-electron chi connectivity index (χ1n) is 18.9. The van der Waals surface area contributed by atoms with E-state index < -0.39 is 13.9 Å². The van der Waals surface area contributed by atoms with Crippen molar-refractivity contribution in [2.75, 3.05) is 54.1 Å². The van der Waals surface area contributed by atoms with E-state index in [-0.39, 0.29) is 25.8 Å². The van der Waals surface area contributed by atoms with E-state index in [2.05, 4.69) is 26.0 Å². The fraction of sp³-hybridized carbons (Fsp3) is 0.919. The highest BCUT2D eigenvalue weighted by Gasteiger charge is 2.26. The number of hydrogen-bond acceptors (Lipinski definition) is 6. The van der Waals surface area contributed by atoms with Gasteiger partial charge in [0.15, 0.2) is 0 Å². The molecule has 0 aromatic heterocycles. The summed E-state index contributed by atoms with van der Waals surface area (Å²) >= 11 is 0. The van der Waals surface area contributed by atoms with E-state index in [9.17, 15) is 14.3 Å². The summed E-state index contributed by atoms with van der Waals surface area (Å²) in [5.74, 6) is -0.316. The lowest BCUT2D eigenvalue weighted by Crippen LogP contribution is -2.37. The molecule has 0 aliphatic heterocycles. The lowest BCUT2D eigenvalue weighted by atomic mass is 10.0. The van der Waals surface area contributed by atoms with Crippen LogP contribution in [-0.2, 0) is 27.9 Å². The largest absolute Gasteiger partial charge is 0.472 e. The quantitative estimate of drug-likeness (QED) is 0.0235. The number of hydrogen-bond donors (Lipinski definition) is 1. The highest BCUT2D eigenvalue weighted by molar-refractivity contribution is 7.47. The molecule has 0 fully saturated rings. The van der Waals surface area contributed by atoms with Crippen molar-refractivity contribution in [2.24, 2.45) is 0 Å². The van der Waals surface area contributed by atoms with Gasteiger partial charge in [0.2, 0.25) is 0 Å². The zero-order valence-electron chi connectivity index (χ0n) is 30.8. The number of phosphoric ester groups is 1. The molecule has 0 rings (SSSR count). The molecule has 46 heavy (non-hydrogen) atoms. The average molecular weight is 677 g/mol. The maximum atomic E-state index is 12.6. The first-order valence-corrected chi connectivity index (χ1v) is 20.4. The van der Waals surface area contributed by atoms with Crippen LogP contribution in [0.3, 0.4) is 0 Å². The van der Waals surface area contributed by atoms with Gasteiger partial charge in [-0.15, -0.1) is 0 Å². The number of unbranched alkanes of at least 4 members (excludes halogenated alkanes) is 19. The van der Waals surface area contributed by atoms with Crippen molar-refractivity contribution in [3.05, 3.63) is 12.2 Å². The van der Waals surface area contributed by atoms with Crippen LogP contribution in [0.15, 0.2) is 12.2 Å². The van der Waals surface area contributed by atoms with E-state index in [0.29, 0.717) is 24.1 Å². The standard InChI is InChI=1S/C37H74NO7P/c1-6-8-10-12-14-16-18-19-20-22-24-26-28-30-37(39)45-36(35-44-46(40,41)43-33-31-38(3,4)5)34-42-32-29-27-25-23-21-17-15-13-11-9-7-2/h11,13,36H,6-10,12,14-35H2,1-5H3/p+1/b13-11-. The van der Waals surface area contributed by atoms with Crippen LogP contribution in [0.1, 0.15) is 162 Å². The van der Waals surface area contributed by atoms with Crippen molar-refractivity contribution in [1.82, 2.24) is 0 Å². The minimum atomic E-state index is -4.26. The maximum absolute atomic E-state index is 12.6. The summed E-state index contributed by atoms with van der Waals surface area (Å²) < 4.78 is 34.8. The molecule has 0 spiro atoms. The van der Waals surface area contributed by atoms with Gasteiger partial charge < -0.3 is 18.9 Å². The molecule has 9 heteroatoms. The third-order valence-electron chi connectivity index (χ3n) is 8.06. The number of carbonyl (C=O) groups excluding carboxylic acids is 1. The molecule has 0 aromatic rings. The second kappa shape index (κ2) is 31.5. The Morgan fingerprint density at radius 3 is 1.74 bits per heavy atom. The Morgan fingerprint density at radius 2 is 1.17 bits per heavy atom. The zero-order chi connectivity index (χ0) is 34.2. The van der Waals surface area contributed by atoms with Crippen molar-refractivity contribution in [2.45, 2.75) is 168 Å². The minimum absolute atomic E-state index is 0.0901. The fourth-order valence-corrected chi connectivity index (χ4v) is 5.82. The molecule has 2 unspecified atom stereocenters. The molecule has 1 N–H and O–H groups in total. The minimum Gasteiger partial charge on any atom is -0.457 e. The first-order chi connectivity index (χ1) is 22.1. The van der Waals surface area contributed by atoms with Gasteiger partial charge in [-0.1, -0.05) is 135 Å². The summed E-state index contributed by atoms with van der Waals surface area (Å²) in [5, 5.41) is 0. The van der Waals surface area contributed by atoms with Crippen LogP contribution in [0.4, 0.5) is 0 Å². The number of phosphoric acid groups is 1. The highest BCUT2D eigenvalue weighted by Crippen LogP contribution is 2.43. The number of allylic oxidation sites excluding steroid dienone is 2. The third-order valence-corrected chi connectivity index (χ3v) is 9.04. The SMILES string of the molecule is CCC/C=C\CCCCCCCCOCC(COP(=O)(O)OCC[N+](C)(C)C)OC(=O)CCCCCCCCCCCCCCC. The van der Waals surface area contributed by atoms with E-state index in [1.807, 2.05) is 21.1 Å². The normalized spacial score (nSPS) is 14.1. The van der Waals surface area contributed by atoms with Crippen molar-refractivity contribution >= 4 is 13.8 Å². The number of esters is 1. The van der Waals surface area contributed by atoms with Gasteiger partial charge >= 0.3 is 13.8 Å². The molecule has 0 aliphatic rings. The Balaban J connectivity index is 4.29.